The molecule has 2 saturated heterocycles. The van der Waals surface area contributed by atoms with Crippen molar-refractivity contribution >= 4 is 5.82 Å². The van der Waals surface area contributed by atoms with Crippen molar-refractivity contribution in [2.75, 3.05) is 25.1 Å². The van der Waals surface area contributed by atoms with Gasteiger partial charge >= 0.3 is 5.69 Å². The van der Waals surface area contributed by atoms with E-state index in [2.05, 4.69) is 10.3 Å². The molecule has 2 aliphatic rings. The summed E-state index contributed by atoms with van der Waals surface area (Å²) in [7, 11) is 0. The fourth-order valence-electron chi connectivity index (χ4n) is 2.84. The number of nitrogens with one attached hydrogen (secondary N) is 1. The molecule has 0 aliphatic carbocycles. The number of aromatic nitrogens is 2. The van der Waals surface area contributed by atoms with Crippen LogP contribution in [-0.4, -0.2) is 69.0 Å². The lowest BCUT2D eigenvalue weighted by Gasteiger charge is -2.17. The van der Waals surface area contributed by atoms with Gasteiger partial charge in [0.15, 0.2) is 6.23 Å². The number of aliphatic hydroxyl groups is 3. The van der Waals surface area contributed by atoms with Crippen LogP contribution in [0.2, 0.25) is 0 Å². The van der Waals surface area contributed by atoms with Gasteiger partial charge in [-0.3, -0.25) is 4.57 Å². The summed E-state index contributed by atoms with van der Waals surface area (Å²) in [6, 6.07) is 1.59. The number of rotatable bonds is 5. The molecule has 9 heteroatoms. The molecule has 0 radical (unpaired) electrons. The Labute approximate surface area is 132 Å². The maximum atomic E-state index is 12.1. The Morgan fingerprint density at radius 1 is 1.39 bits per heavy atom. The lowest BCUT2D eigenvalue weighted by Crippen LogP contribution is -2.36. The first-order valence-electron chi connectivity index (χ1n) is 7.67. The normalized spacial score (nSPS) is 34.0. The molecule has 3 rings (SSSR count). The van der Waals surface area contributed by atoms with E-state index in [1.165, 1.54) is 6.20 Å². The molecule has 5 unspecified atom stereocenters. The fraction of sp³-hybridized carbons (Fsp3) is 0.714. The highest BCUT2D eigenvalue weighted by Crippen LogP contribution is 2.28. The number of hydrogen-bond acceptors (Lipinski definition) is 8. The Morgan fingerprint density at radius 2 is 2.22 bits per heavy atom. The van der Waals surface area contributed by atoms with Crippen molar-refractivity contribution < 1.29 is 24.8 Å². The summed E-state index contributed by atoms with van der Waals surface area (Å²) in [4.78, 5) is 16.0. The molecule has 0 aromatic carbocycles. The molecular formula is C14H21N3O6. The lowest BCUT2D eigenvalue weighted by molar-refractivity contribution is -0.0549. The van der Waals surface area contributed by atoms with Crippen LogP contribution in [0.25, 0.3) is 0 Å². The van der Waals surface area contributed by atoms with E-state index in [-0.39, 0.29) is 6.10 Å². The number of nitrogens with zero attached hydrogens (tertiary/aromatic N) is 2. The molecule has 5 atom stereocenters. The van der Waals surface area contributed by atoms with Gasteiger partial charge in [-0.05, 0) is 18.9 Å². The maximum Gasteiger partial charge on any atom is 0.351 e. The Hall–Kier alpha value is -1.52. The van der Waals surface area contributed by atoms with Gasteiger partial charge in [0.25, 0.3) is 0 Å². The van der Waals surface area contributed by atoms with E-state index < -0.39 is 36.8 Å². The van der Waals surface area contributed by atoms with Crippen molar-refractivity contribution in [1.82, 2.24) is 9.55 Å². The minimum absolute atomic E-state index is 0.125. The van der Waals surface area contributed by atoms with E-state index in [1.807, 2.05) is 0 Å². The van der Waals surface area contributed by atoms with Gasteiger partial charge in [-0.15, -0.1) is 0 Å². The Balaban J connectivity index is 1.68. The zero-order valence-corrected chi connectivity index (χ0v) is 12.5. The van der Waals surface area contributed by atoms with E-state index in [4.69, 9.17) is 14.6 Å². The second kappa shape index (κ2) is 6.93. The van der Waals surface area contributed by atoms with Crippen LogP contribution in [0, 0.1) is 0 Å². The maximum absolute atomic E-state index is 12.1. The summed E-state index contributed by atoms with van der Waals surface area (Å²) in [6.07, 6.45) is -0.993. The molecule has 3 heterocycles. The third-order valence-corrected chi connectivity index (χ3v) is 4.16. The highest BCUT2D eigenvalue weighted by molar-refractivity contribution is 5.32. The van der Waals surface area contributed by atoms with Gasteiger partial charge in [-0.2, -0.15) is 4.98 Å². The Morgan fingerprint density at radius 3 is 2.83 bits per heavy atom. The van der Waals surface area contributed by atoms with E-state index >= 15 is 0 Å². The minimum atomic E-state index is -1.31. The van der Waals surface area contributed by atoms with Crippen LogP contribution in [0.3, 0.4) is 0 Å². The van der Waals surface area contributed by atoms with Crippen molar-refractivity contribution in [1.29, 1.82) is 0 Å². The third kappa shape index (κ3) is 3.38. The second-order valence-electron chi connectivity index (χ2n) is 5.75. The number of anilines is 1. The smallest absolute Gasteiger partial charge is 0.351 e. The van der Waals surface area contributed by atoms with Crippen LogP contribution in [0.4, 0.5) is 5.82 Å². The average molecular weight is 327 g/mol. The van der Waals surface area contributed by atoms with E-state index in [1.54, 1.807) is 6.07 Å². The standard InChI is InChI=1S/C14H21N3O6/c18-7-9-11(19)12(20)13(23-9)17-4-3-10(16-14(17)21)15-6-8-2-1-5-22-8/h3-4,8-9,11-13,18-20H,1-2,5-7H2,(H,15,16,21). The largest absolute Gasteiger partial charge is 0.394 e. The van der Waals surface area contributed by atoms with Crippen molar-refractivity contribution in [2.24, 2.45) is 0 Å². The summed E-state index contributed by atoms with van der Waals surface area (Å²) in [5.41, 5.74) is -0.614. The monoisotopic (exact) mass is 327 g/mol. The number of hydrogen-bond donors (Lipinski definition) is 4. The van der Waals surface area contributed by atoms with Crippen LogP contribution >= 0.6 is 0 Å². The molecule has 2 aliphatic heterocycles. The van der Waals surface area contributed by atoms with Crippen molar-refractivity contribution in [3.8, 4) is 0 Å². The fourth-order valence-corrected chi connectivity index (χ4v) is 2.84. The van der Waals surface area contributed by atoms with Gasteiger partial charge < -0.3 is 30.1 Å². The van der Waals surface area contributed by atoms with Crippen molar-refractivity contribution in [2.45, 2.75) is 43.5 Å². The Kier molecular flexibility index (Phi) is 4.93. The van der Waals surface area contributed by atoms with Gasteiger partial charge in [0, 0.05) is 19.3 Å². The summed E-state index contributed by atoms with van der Waals surface area (Å²) in [5, 5.41) is 31.8. The molecule has 0 amide bonds. The molecular weight excluding hydrogens is 306 g/mol. The minimum Gasteiger partial charge on any atom is -0.394 e. The molecule has 23 heavy (non-hydrogen) atoms. The second-order valence-corrected chi connectivity index (χ2v) is 5.75. The van der Waals surface area contributed by atoms with Gasteiger partial charge in [-0.1, -0.05) is 0 Å². The molecule has 128 valence electrons. The number of aliphatic hydroxyl groups excluding tert-OH is 3. The zero-order chi connectivity index (χ0) is 16.4. The van der Waals surface area contributed by atoms with Crippen LogP contribution < -0.4 is 11.0 Å². The van der Waals surface area contributed by atoms with Gasteiger partial charge in [0.05, 0.1) is 12.7 Å². The molecule has 1 aromatic heterocycles. The van der Waals surface area contributed by atoms with Crippen LogP contribution in [0.1, 0.15) is 19.1 Å². The molecule has 0 bridgehead atoms. The predicted molar refractivity (Wildman–Crippen MR) is 79.0 cm³/mol. The van der Waals surface area contributed by atoms with Crippen molar-refractivity contribution in [3.05, 3.63) is 22.7 Å². The van der Waals surface area contributed by atoms with Crippen LogP contribution in [-0.2, 0) is 9.47 Å². The summed E-state index contributed by atoms with van der Waals surface area (Å²) >= 11 is 0. The average Bonchev–Trinajstić information content (AvgIpc) is 3.16. The van der Waals surface area contributed by atoms with Gasteiger partial charge in [-0.25, -0.2) is 4.79 Å². The summed E-state index contributed by atoms with van der Waals surface area (Å²) in [6.45, 7) is 0.884. The summed E-state index contributed by atoms with van der Waals surface area (Å²) < 4.78 is 11.9. The lowest BCUT2D eigenvalue weighted by atomic mass is 10.1. The summed E-state index contributed by atoms with van der Waals surface area (Å²) in [5.74, 6) is 0.411. The van der Waals surface area contributed by atoms with Gasteiger partial charge in [0.2, 0.25) is 0 Å². The molecule has 1 aromatic rings. The molecule has 0 spiro atoms. The highest BCUT2D eigenvalue weighted by atomic mass is 16.6. The van der Waals surface area contributed by atoms with Crippen LogP contribution in [0.15, 0.2) is 17.1 Å². The third-order valence-electron chi connectivity index (χ3n) is 4.16. The SMILES string of the molecule is O=c1nc(NCC2CCCO2)ccn1C1OC(CO)C(O)C1O. The van der Waals surface area contributed by atoms with Gasteiger partial charge in [0.1, 0.15) is 24.1 Å². The molecule has 9 nitrogen and oxygen atoms in total. The van der Waals surface area contributed by atoms with E-state index in [0.717, 1.165) is 24.0 Å². The molecule has 0 saturated carbocycles. The predicted octanol–water partition coefficient (Wildman–Crippen LogP) is -1.55. The first kappa shape index (κ1) is 16.3. The topological polar surface area (TPSA) is 126 Å². The molecule has 4 N–H and O–H groups in total. The number of ether oxygens (including phenoxy) is 2. The van der Waals surface area contributed by atoms with E-state index in [9.17, 15) is 15.0 Å². The first-order chi connectivity index (χ1) is 11.1. The van der Waals surface area contributed by atoms with Crippen molar-refractivity contribution in [3.63, 3.8) is 0 Å². The van der Waals surface area contributed by atoms with Crippen LogP contribution in [0.5, 0.6) is 0 Å². The Bertz CT molecular complexity index is 588. The zero-order valence-electron chi connectivity index (χ0n) is 12.5. The quantitative estimate of drug-likeness (QED) is 0.512. The highest BCUT2D eigenvalue weighted by Gasteiger charge is 2.43. The first-order valence-corrected chi connectivity index (χ1v) is 7.67. The molecule has 2 fully saturated rings. The van der Waals surface area contributed by atoms with E-state index in [0.29, 0.717) is 12.4 Å².